The van der Waals surface area contributed by atoms with Gasteiger partial charge in [0.15, 0.2) is 0 Å². The van der Waals surface area contributed by atoms with Gasteiger partial charge in [0.05, 0.1) is 5.88 Å². The average molecular weight is 189 g/mol. The number of alkyl halides is 1. The highest BCUT2D eigenvalue weighted by Crippen LogP contribution is 2.24. The van der Waals surface area contributed by atoms with Gasteiger partial charge in [0.2, 0.25) is 11.6 Å². The quantitative estimate of drug-likeness (QED) is 0.501. The summed E-state index contributed by atoms with van der Waals surface area (Å²) in [5.41, 5.74) is 0. The molecule has 1 rings (SSSR count). The smallest absolute Gasteiger partial charge is 0.213 e. The minimum atomic E-state index is -0.413. The fraction of sp³-hybridized carbons (Fsp3) is 0.778. The predicted molar refractivity (Wildman–Crippen MR) is 47.3 cm³/mol. The number of ketones is 2. The van der Waals surface area contributed by atoms with E-state index in [1.807, 2.05) is 0 Å². The SMILES string of the molecule is O=C(CCl)C(=O)C1CCCCC1. The van der Waals surface area contributed by atoms with E-state index >= 15 is 0 Å². The summed E-state index contributed by atoms with van der Waals surface area (Å²) in [4.78, 5) is 22.2. The molecule has 2 nitrogen and oxygen atoms in total. The van der Waals surface area contributed by atoms with E-state index in [9.17, 15) is 9.59 Å². The molecular formula is C9H13ClO2. The maximum atomic E-state index is 11.3. The molecule has 1 saturated carbocycles. The van der Waals surface area contributed by atoms with E-state index in [4.69, 9.17) is 11.6 Å². The van der Waals surface area contributed by atoms with Gasteiger partial charge in [-0.15, -0.1) is 11.6 Å². The fourth-order valence-corrected chi connectivity index (χ4v) is 1.79. The molecule has 0 radical (unpaired) electrons. The van der Waals surface area contributed by atoms with Crippen molar-refractivity contribution in [3.05, 3.63) is 0 Å². The number of rotatable bonds is 3. The van der Waals surface area contributed by atoms with Crippen molar-refractivity contribution in [2.45, 2.75) is 32.1 Å². The number of halogens is 1. The fourth-order valence-electron chi connectivity index (χ4n) is 1.66. The summed E-state index contributed by atoms with van der Waals surface area (Å²) < 4.78 is 0. The lowest BCUT2D eigenvalue weighted by Gasteiger charge is -2.18. The Kier molecular flexibility index (Phi) is 3.73. The summed E-state index contributed by atoms with van der Waals surface area (Å²) in [5.74, 6) is -0.840. The second-order valence-electron chi connectivity index (χ2n) is 3.26. The second kappa shape index (κ2) is 4.61. The number of Topliss-reactive ketones (excluding diaryl/α,β-unsaturated/α-hetero) is 2. The molecule has 3 heteroatoms. The molecule has 0 aromatic carbocycles. The molecule has 0 bridgehead atoms. The summed E-state index contributed by atoms with van der Waals surface area (Å²) in [5, 5.41) is 0. The highest BCUT2D eigenvalue weighted by Gasteiger charge is 2.25. The van der Waals surface area contributed by atoms with E-state index in [1.54, 1.807) is 0 Å². The first kappa shape index (κ1) is 9.72. The van der Waals surface area contributed by atoms with Gasteiger partial charge in [-0.3, -0.25) is 9.59 Å². The second-order valence-corrected chi connectivity index (χ2v) is 3.52. The van der Waals surface area contributed by atoms with Crippen LogP contribution in [-0.2, 0) is 9.59 Å². The zero-order chi connectivity index (χ0) is 8.97. The zero-order valence-electron chi connectivity index (χ0n) is 7.01. The predicted octanol–water partition coefficient (Wildman–Crippen LogP) is 1.94. The molecule has 1 aliphatic carbocycles. The Morgan fingerprint density at radius 1 is 1.17 bits per heavy atom. The first-order valence-electron chi connectivity index (χ1n) is 4.38. The molecule has 0 unspecified atom stereocenters. The third-order valence-electron chi connectivity index (χ3n) is 2.37. The van der Waals surface area contributed by atoms with Crippen molar-refractivity contribution in [3.63, 3.8) is 0 Å². The van der Waals surface area contributed by atoms with Gasteiger partial charge < -0.3 is 0 Å². The van der Waals surface area contributed by atoms with Crippen LogP contribution in [0.2, 0.25) is 0 Å². The van der Waals surface area contributed by atoms with Gasteiger partial charge in [0.25, 0.3) is 0 Å². The molecule has 0 aromatic heterocycles. The van der Waals surface area contributed by atoms with E-state index in [1.165, 1.54) is 6.42 Å². The minimum absolute atomic E-state index is 0.0231. The normalized spacial score (nSPS) is 19.1. The van der Waals surface area contributed by atoms with Gasteiger partial charge >= 0.3 is 0 Å². The van der Waals surface area contributed by atoms with Gasteiger partial charge in [-0.25, -0.2) is 0 Å². The average Bonchev–Trinajstić information content (AvgIpc) is 2.17. The lowest BCUT2D eigenvalue weighted by Crippen LogP contribution is -2.26. The highest BCUT2D eigenvalue weighted by molar-refractivity contribution is 6.47. The van der Waals surface area contributed by atoms with Crippen LogP contribution in [0.15, 0.2) is 0 Å². The van der Waals surface area contributed by atoms with Crippen LogP contribution >= 0.6 is 11.6 Å². The Labute approximate surface area is 77.3 Å². The van der Waals surface area contributed by atoms with Crippen molar-refractivity contribution in [2.24, 2.45) is 5.92 Å². The van der Waals surface area contributed by atoms with Gasteiger partial charge in [-0.1, -0.05) is 19.3 Å². The Balaban J connectivity index is 2.45. The number of hydrogen-bond acceptors (Lipinski definition) is 2. The first-order valence-corrected chi connectivity index (χ1v) is 4.92. The third kappa shape index (κ3) is 2.31. The molecule has 12 heavy (non-hydrogen) atoms. The van der Waals surface area contributed by atoms with E-state index < -0.39 is 5.78 Å². The Morgan fingerprint density at radius 3 is 2.25 bits per heavy atom. The zero-order valence-corrected chi connectivity index (χ0v) is 7.77. The standard InChI is InChI=1S/C9H13ClO2/c10-6-8(11)9(12)7-4-2-1-3-5-7/h7H,1-6H2. The molecule has 0 aromatic rings. The van der Waals surface area contributed by atoms with E-state index in [-0.39, 0.29) is 17.6 Å². The molecule has 0 amide bonds. The van der Waals surface area contributed by atoms with Crippen molar-refractivity contribution in [2.75, 3.05) is 5.88 Å². The van der Waals surface area contributed by atoms with E-state index in [0.717, 1.165) is 25.7 Å². The monoisotopic (exact) mass is 188 g/mol. The molecule has 1 fully saturated rings. The topological polar surface area (TPSA) is 34.1 Å². The third-order valence-corrected chi connectivity index (χ3v) is 2.61. The summed E-state index contributed by atoms with van der Waals surface area (Å²) in [6.45, 7) is 0. The van der Waals surface area contributed by atoms with Crippen molar-refractivity contribution in [1.82, 2.24) is 0 Å². The van der Waals surface area contributed by atoms with Crippen LogP contribution in [0.4, 0.5) is 0 Å². The molecule has 0 N–H and O–H groups in total. The summed E-state index contributed by atoms with van der Waals surface area (Å²) in [7, 11) is 0. The van der Waals surface area contributed by atoms with Crippen LogP contribution in [0, 0.1) is 5.92 Å². The van der Waals surface area contributed by atoms with Crippen LogP contribution in [0.25, 0.3) is 0 Å². The lowest BCUT2D eigenvalue weighted by atomic mass is 9.85. The van der Waals surface area contributed by atoms with Crippen molar-refractivity contribution in [3.8, 4) is 0 Å². The van der Waals surface area contributed by atoms with Crippen LogP contribution in [0.5, 0.6) is 0 Å². The summed E-state index contributed by atoms with van der Waals surface area (Å²) in [6.07, 6.45) is 5.10. The molecule has 0 spiro atoms. The van der Waals surface area contributed by atoms with E-state index in [0.29, 0.717) is 0 Å². The van der Waals surface area contributed by atoms with Gasteiger partial charge in [0, 0.05) is 5.92 Å². The van der Waals surface area contributed by atoms with Crippen LogP contribution in [-0.4, -0.2) is 17.4 Å². The molecule has 0 heterocycles. The van der Waals surface area contributed by atoms with Crippen LogP contribution in [0.1, 0.15) is 32.1 Å². The molecule has 0 saturated heterocycles. The van der Waals surface area contributed by atoms with Crippen LogP contribution < -0.4 is 0 Å². The largest absolute Gasteiger partial charge is 0.291 e. The molecule has 68 valence electrons. The number of hydrogen-bond donors (Lipinski definition) is 0. The maximum Gasteiger partial charge on any atom is 0.213 e. The Morgan fingerprint density at radius 2 is 1.75 bits per heavy atom. The molecule has 0 aliphatic heterocycles. The maximum absolute atomic E-state index is 11.3. The van der Waals surface area contributed by atoms with Crippen LogP contribution in [0.3, 0.4) is 0 Å². The van der Waals surface area contributed by atoms with Crippen molar-refractivity contribution >= 4 is 23.2 Å². The van der Waals surface area contributed by atoms with Gasteiger partial charge in [0.1, 0.15) is 0 Å². The molecule has 0 atom stereocenters. The van der Waals surface area contributed by atoms with Crippen molar-refractivity contribution < 1.29 is 9.59 Å². The number of carbonyl (C=O) groups excluding carboxylic acids is 2. The Bertz CT molecular complexity index is 183. The van der Waals surface area contributed by atoms with Gasteiger partial charge in [-0.05, 0) is 12.8 Å². The highest BCUT2D eigenvalue weighted by atomic mass is 35.5. The lowest BCUT2D eigenvalue weighted by molar-refractivity contribution is -0.138. The summed E-state index contributed by atoms with van der Waals surface area (Å²) in [6, 6.07) is 0. The minimum Gasteiger partial charge on any atom is -0.291 e. The number of carbonyl (C=O) groups is 2. The van der Waals surface area contributed by atoms with Gasteiger partial charge in [-0.2, -0.15) is 0 Å². The summed E-state index contributed by atoms with van der Waals surface area (Å²) >= 11 is 5.30. The first-order chi connectivity index (χ1) is 5.75. The van der Waals surface area contributed by atoms with E-state index in [2.05, 4.69) is 0 Å². The van der Waals surface area contributed by atoms with Crippen molar-refractivity contribution in [1.29, 1.82) is 0 Å². The molecular weight excluding hydrogens is 176 g/mol. The molecule has 1 aliphatic rings. The Hall–Kier alpha value is -0.370.